The molecule has 2 aliphatic heterocycles. The molecule has 1 saturated carbocycles. The highest BCUT2D eigenvalue weighted by atomic mass is 16.2. The quantitative estimate of drug-likeness (QED) is 0.284. The lowest BCUT2D eigenvalue weighted by molar-refractivity contribution is 0.0615. The van der Waals surface area contributed by atoms with Crippen LogP contribution in [0.25, 0.3) is 11.0 Å². The van der Waals surface area contributed by atoms with Crippen molar-refractivity contribution in [2.75, 3.05) is 26.2 Å². The van der Waals surface area contributed by atoms with E-state index >= 15 is 0 Å². The molecule has 1 spiro atoms. The summed E-state index contributed by atoms with van der Waals surface area (Å²) >= 11 is 0. The van der Waals surface area contributed by atoms with Crippen molar-refractivity contribution in [3.05, 3.63) is 83.7 Å². The molecular weight excluding hydrogens is 522 g/mol. The van der Waals surface area contributed by atoms with Gasteiger partial charge in [-0.2, -0.15) is 0 Å². The monoisotopic (exact) mass is 565 g/mol. The van der Waals surface area contributed by atoms with Crippen LogP contribution in [0.5, 0.6) is 0 Å². The fourth-order valence-corrected chi connectivity index (χ4v) is 7.60. The van der Waals surface area contributed by atoms with Crippen LogP contribution < -0.4 is 0 Å². The first-order chi connectivity index (χ1) is 20.6. The van der Waals surface area contributed by atoms with Crippen LogP contribution in [0.2, 0.25) is 0 Å². The third-order valence-corrected chi connectivity index (χ3v) is 10.0. The molecule has 3 fully saturated rings. The number of nitrogens with zero attached hydrogens (tertiary/aromatic N) is 5. The highest BCUT2D eigenvalue weighted by Gasteiger charge is 2.41. The van der Waals surface area contributed by atoms with Gasteiger partial charge in [0.1, 0.15) is 5.82 Å². The van der Waals surface area contributed by atoms with Crippen molar-refractivity contribution < 1.29 is 4.79 Å². The Morgan fingerprint density at radius 1 is 0.929 bits per heavy atom. The van der Waals surface area contributed by atoms with E-state index in [1.165, 1.54) is 83.1 Å². The average Bonchev–Trinajstić information content (AvgIpc) is 3.79. The lowest BCUT2D eigenvalue weighted by atomic mass is 9.77. The maximum absolute atomic E-state index is 13.4. The summed E-state index contributed by atoms with van der Waals surface area (Å²) in [6.07, 6.45) is 14.5. The number of hydrogen-bond donors (Lipinski definition) is 2. The average molecular weight is 566 g/mol. The molecule has 1 amide bonds. The standard InChI is InChI=1S/C34H43N7O/c42-33(32-35-17-18-36-32)41(24-31-37-29-8-4-5-9-30(29)38-31)23-27-12-10-26(11-13-27)22-39-19-14-34(25-39)15-20-40(21-16-34)28-6-2-1-3-7-28/h4-5,8-13,17-18,28H,1-3,6-7,14-16,19-25H2,(H,35,36)(H,37,38). The van der Waals surface area contributed by atoms with Crippen molar-refractivity contribution in [2.45, 2.75) is 77.0 Å². The molecule has 8 heteroatoms. The Kier molecular flexibility index (Phi) is 7.82. The van der Waals surface area contributed by atoms with Crippen molar-refractivity contribution in [3.8, 4) is 0 Å². The molecule has 3 aliphatic rings. The summed E-state index contributed by atoms with van der Waals surface area (Å²) < 4.78 is 0. The molecule has 0 unspecified atom stereocenters. The molecular formula is C34H43N7O. The second-order valence-corrected chi connectivity index (χ2v) is 12.9. The second-order valence-electron chi connectivity index (χ2n) is 12.9. The SMILES string of the molecule is O=C(c1ncc[nH]1)N(Cc1ccc(CN2CCC3(CCN(C4CCCCC4)CC3)C2)cc1)Cc1nc2ccccc2[nH]1. The van der Waals surface area contributed by atoms with E-state index in [2.05, 4.69) is 49.0 Å². The van der Waals surface area contributed by atoms with Gasteiger partial charge in [0.2, 0.25) is 0 Å². The molecule has 2 N–H and O–H groups in total. The largest absolute Gasteiger partial charge is 0.341 e. The van der Waals surface area contributed by atoms with Gasteiger partial charge in [0.05, 0.1) is 17.6 Å². The lowest BCUT2D eigenvalue weighted by Crippen LogP contribution is -2.46. The number of amides is 1. The van der Waals surface area contributed by atoms with Crippen molar-refractivity contribution in [1.82, 2.24) is 34.6 Å². The minimum Gasteiger partial charge on any atom is -0.341 e. The predicted octanol–water partition coefficient (Wildman–Crippen LogP) is 5.75. The summed E-state index contributed by atoms with van der Waals surface area (Å²) in [6.45, 7) is 6.90. The predicted molar refractivity (Wildman–Crippen MR) is 165 cm³/mol. The number of likely N-dealkylation sites (tertiary alicyclic amines) is 2. The van der Waals surface area contributed by atoms with Crippen LogP contribution in [0, 0.1) is 5.41 Å². The van der Waals surface area contributed by atoms with E-state index in [1.54, 1.807) is 17.3 Å². The first-order valence-electron chi connectivity index (χ1n) is 15.9. The van der Waals surface area contributed by atoms with Gasteiger partial charge in [-0.25, -0.2) is 9.97 Å². The molecule has 7 rings (SSSR count). The maximum Gasteiger partial charge on any atom is 0.290 e. The first-order valence-corrected chi connectivity index (χ1v) is 15.9. The number of carbonyl (C=O) groups is 1. The number of aromatic amines is 2. The maximum atomic E-state index is 13.4. The third-order valence-electron chi connectivity index (χ3n) is 10.0. The summed E-state index contributed by atoms with van der Waals surface area (Å²) in [5.74, 6) is 0.969. The van der Waals surface area contributed by atoms with Crippen LogP contribution in [-0.4, -0.2) is 72.8 Å². The van der Waals surface area contributed by atoms with E-state index in [4.69, 9.17) is 4.98 Å². The number of piperidine rings is 1. The number of fused-ring (bicyclic) bond motifs is 1. The highest BCUT2D eigenvalue weighted by Crippen LogP contribution is 2.42. The van der Waals surface area contributed by atoms with Crippen molar-refractivity contribution in [2.24, 2.45) is 5.41 Å². The zero-order valence-corrected chi connectivity index (χ0v) is 24.6. The molecule has 1 aliphatic carbocycles. The number of imidazole rings is 2. The van der Waals surface area contributed by atoms with E-state index in [1.807, 2.05) is 24.3 Å². The van der Waals surface area contributed by atoms with Gasteiger partial charge in [0.25, 0.3) is 5.91 Å². The van der Waals surface area contributed by atoms with Crippen LogP contribution in [0.1, 0.15) is 78.9 Å². The van der Waals surface area contributed by atoms with Gasteiger partial charge in [0.15, 0.2) is 5.82 Å². The van der Waals surface area contributed by atoms with Crippen LogP contribution in [0.4, 0.5) is 0 Å². The van der Waals surface area contributed by atoms with Gasteiger partial charge >= 0.3 is 0 Å². The minimum absolute atomic E-state index is 0.138. The van der Waals surface area contributed by atoms with E-state index in [0.717, 1.165) is 35.0 Å². The summed E-state index contributed by atoms with van der Waals surface area (Å²) in [5, 5.41) is 0. The number of H-pyrrole nitrogens is 2. The topological polar surface area (TPSA) is 84.2 Å². The normalized spacial score (nSPS) is 20.0. The van der Waals surface area contributed by atoms with Crippen LogP contribution >= 0.6 is 0 Å². The Balaban J connectivity index is 0.967. The molecule has 220 valence electrons. The molecule has 4 aromatic rings. The molecule has 0 bridgehead atoms. The summed E-state index contributed by atoms with van der Waals surface area (Å²) in [6, 6.07) is 17.6. The number of nitrogens with one attached hydrogen (secondary N) is 2. The molecule has 4 heterocycles. The molecule has 2 saturated heterocycles. The van der Waals surface area contributed by atoms with Crippen LogP contribution in [-0.2, 0) is 19.6 Å². The number of carbonyl (C=O) groups excluding carboxylic acids is 1. The third kappa shape index (κ3) is 6.01. The molecule has 2 aromatic heterocycles. The summed E-state index contributed by atoms with van der Waals surface area (Å²) in [5.41, 5.74) is 4.84. The Bertz CT molecular complexity index is 1430. The summed E-state index contributed by atoms with van der Waals surface area (Å²) in [7, 11) is 0. The molecule has 42 heavy (non-hydrogen) atoms. The van der Waals surface area contributed by atoms with Crippen molar-refractivity contribution in [3.63, 3.8) is 0 Å². The number of para-hydroxylation sites is 2. The van der Waals surface area contributed by atoms with Crippen LogP contribution in [0.15, 0.2) is 60.9 Å². The van der Waals surface area contributed by atoms with E-state index in [0.29, 0.717) is 24.3 Å². The van der Waals surface area contributed by atoms with E-state index in [9.17, 15) is 4.79 Å². The van der Waals surface area contributed by atoms with Gasteiger partial charge < -0.3 is 19.8 Å². The Morgan fingerprint density at radius 2 is 1.69 bits per heavy atom. The molecule has 2 aromatic carbocycles. The van der Waals surface area contributed by atoms with Gasteiger partial charge in [-0.05, 0) is 80.4 Å². The summed E-state index contributed by atoms with van der Waals surface area (Å²) in [4.78, 5) is 35.9. The first kappa shape index (κ1) is 27.3. The van der Waals surface area contributed by atoms with Crippen molar-refractivity contribution >= 4 is 16.9 Å². The minimum atomic E-state index is -0.138. The number of benzene rings is 2. The van der Waals surface area contributed by atoms with Crippen LogP contribution in [0.3, 0.4) is 0 Å². The number of hydrogen-bond acceptors (Lipinski definition) is 5. The zero-order valence-electron chi connectivity index (χ0n) is 24.6. The zero-order chi connectivity index (χ0) is 28.4. The van der Waals surface area contributed by atoms with E-state index in [-0.39, 0.29) is 5.91 Å². The molecule has 0 radical (unpaired) electrons. The number of aromatic nitrogens is 4. The fraction of sp³-hybridized carbons (Fsp3) is 0.500. The fourth-order valence-electron chi connectivity index (χ4n) is 7.60. The van der Waals surface area contributed by atoms with Gasteiger partial charge in [0, 0.05) is 38.1 Å². The van der Waals surface area contributed by atoms with Gasteiger partial charge in [-0.3, -0.25) is 9.69 Å². The van der Waals surface area contributed by atoms with Crippen molar-refractivity contribution in [1.29, 1.82) is 0 Å². The smallest absolute Gasteiger partial charge is 0.290 e. The molecule has 8 nitrogen and oxygen atoms in total. The Morgan fingerprint density at radius 3 is 2.45 bits per heavy atom. The Hall–Kier alpha value is -3.49. The lowest BCUT2D eigenvalue weighted by Gasteiger charge is -2.43. The number of rotatable bonds is 8. The molecule has 0 atom stereocenters. The van der Waals surface area contributed by atoms with Gasteiger partial charge in [-0.1, -0.05) is 55.7 Å². The van der Waals surface area contributed by atoms with Gasteiger partial charge in [-0.15, -0.1) is 0 Å². The second kappa shape index (κ2) is 12.0. The Labute approximate surface area is 248 Å². The van der Waals surface area contributed by atoms with E-state index < -0.39 is 0 Å². The highest BCUT2D eigenvalue weighted by molar-refractivity contribution is 5.90.